The number of halogens is 2. The minimum atomic E-state index is -3.04. The van der Waals surface area contributed by atoms with Crippen LogP contribution in [0.15, 0.2) is 30.9 Å². The molecule has 0 saturated carbocycles. The fraction of sp³-hybridized carbons (Fsp3) is 0.467. The zero-order chi connectivity index (χ0) is 16.3. The van der Waals surface area contributed by atoms with Crippen molar-refractivity contribution in [3.05, 3.63) is 48.1 Å². The molecular weight excluding hydrogens is 312 g/mol. The summed E-state index contributed by atoms with van der Waals surface area (Å²) in [4.78, 5) is 1.81. The molecule has 0 spiro atoms. The third-order valence-corrected chi connectivity index (χ3v) is 5.57. The van der Waals surface area contributed by atoms with Crippen LogP contribution in [0.5, 0.6) is 0 Å². The number of aliphatic hydroxyl groups excluding tert-OH is 1. The van der Waals surface area contributed by atoms with Crippen LogP contribution in [-0.4, -0.2) is 49.1 Å². The summed E-state index contributed by atoms with van der Waals surface area (Å²) in [6, 6.07) is 3.05. The minimum Gasteiger partial charge on any atom is -0.387 e. The van der Waals surface area contributed by atoms with Gasteiger partial charge in [0.05, 0.1) is 17.6 Å². The van der Waals surface area contributed by atoms with Crippen molar-refractivity contribution in [1.29, 1.82) is 0 Å². The van der Waals surface area contributed by atoms with Crippen molar-refractivity contribution in [3.8, 4) is 0 Å². The van der Waals surface area contributed by atoms with Gasteiger partial charge >= 0.3 is 0 Å². The van der Waals surface area contributed by atoms with Crippen LogP contribution in [0.1, 0.15) is 18.1 Å². The van der Waals surface area contributed by atoms with E-state index in [0.717, 1.165) is 12.1 Å². The Labute approximate surface area is 129 Å². The first-order valence-corrected chi connectivity index (χ1v) is 8.83. The van der Waals surface area contributed by atoms with Gasteiger partial charge < -0.3 is 5.11 Å². The van der Waals surface area contributed by atoms with Gasteiger partial charge in [-0.3, -0.25) is 4.90 Å². The molecule has 1 aliphatic rings. The van der Waals surface area contributed by atoms with Crippen LogP contribution in [0.4, 0.5) is 8.78 Å². The highest BCUT2D eigenvalue weighted by molar-refractivity contribution is 7.91. The average molecular weight is 331 g/mol. The average Bonchev–Trinajstić information content (AvgIpc) is 2.81. The Bertz CT molecular complexity index is 648. The van der Waals surface area contributed by atoms with Crippen molar-refractivity contribution >= 4 is 9.84 Å². The van der Waals surface area contributed by atoms with E-state index in [2.05, 4.69) is 6.58 Å². The molecule has 2 rings (SSSR count). The molecule has 1 N–H and O–H groups in total. The van der Waals surface area contributed by atoms with Crippen molar-refractivity contribution in [3.63, 3.8) is 0 Å². The van der Waals surface area contributed by atoms with E-state index in [4.69, 9.17) is 0 Å². The Morgan fingerprint density at radius 2 is 2.14 bits per heavy atom. The highest BCUT2D eigenvalue weighted by Gasteiger charge is 2.32. The van der Waals surface area contributed by atoms with Crippen LogP contribution >= 0.6 is 0 Å². The maximum Gasteiger partial charge on any atom is 0.159 e. The number of rotatable bonds is 6. The zero-order valence-electron chi connectivity index (χ0n) is 12.1. The second kappa shape index (κ2) is 6.85. The Morgan fingerprint density at radius 3 is 2.68 bits per heavy atom. The number of hydrogen-bond acceptors (Lipinski definition) is 4. The first kappa shape index (κ1) is 17.1. The van der Waals surface area contributed by atoms with E-state index in [1.54, 1.807) is 6.08 Å². The maximum absolute atomic E-state index is 13.2. The maximum atomic E-state index is 13.2. The summed E-state index contributed by atoms with van der Waals surface area (Å²) < 4.78 is 49.3. The molecule has 1 saturated heterocycles. The van der Waals surface area contributed by atoms with Crippen LogP contribution in [0.25, 0.3) is 0 Å². The number of hydrogen-bond donors (Lipinski definition) is 1. The summed E-state index contributed by atoms with van der Waals surface area (Å²) in [7, 11) is -3.04. The topological polar surface area (TPSA) is 57.6 Å². The SMILES string of the molecule is C=CCN(CC(O)c1ccc(F)c(F)c1)C1CCS(=O)(=O)C1. The molecule has 2 atom stereocenters. The van der Waals surface area contributed by atoms with Crippen LogP contribution in [-0.2, 0) is 9.84 Å². The van der Waals surface area contributed by atoms with Crippen LogP contribution < -0.4 is 0 Å². The van der Waals surface area contributed by atoms with Gasteiger partial charge in [0.15, 0.2) is 21.5 Å². The van der Waals surface area contributed by atoms with Crippen LogP contribution in [0.2, 0.25) is 0 Å². The van der Waals surface area contributed by atoms with Gasteiger partial charge in [-0.2, -0.15) is 0 Å². The molecule has 0 bridgehead atoms. The molecule has 0 aliphatic carbocycles. The summed E-state index contributed by atoms with van der Waals surface area (Å²) in [5, 5.41) is 10.2. The Kier molecular flexibility index (Phi) is 5.31. The fourth-order valence-electron chi connectivity index (χ4n) is 2.65. The van der Waals surface area contributed by atoms with Gasteiger partial charge in [0.2, 0.25) is 0 Å². The first-order valence-electron chi connectivity index (χ1n) is 7.01. The molecule has 1 aromatic carbocycles. The van der Waals surface area contributed by atoms with Crippen molar-refractivity contribution < 1.29 is 22.3 Å². The molecule has 122 valence electrons. The normalized spacial score (nSPS) is 21.9. The lowest BCUT2D eigenvalue weighted by molar-refractivity contribution is 0.100. The number of nitrogens with zero attached hydrogens (tertiary/aromatic N) is 1. The molecule has 0 amide bonds. The molecule has 0 radical (unpaired) electrons. The Hall–Kier alpha value is -1.31. The monoisotopic (exact) mass is 331 g/mol. The van der Waals surface area contributed by atoms with Crippen LogP contribution in [0.3, 0.4) is 0 Å². The predicted octanol–water partition coefficient (Wildman–Crippen LogP) is 1.67. The summed E-state index contributed by atoms with van der Waals surface area (Å²) in [6.07, 6.45) is 1.10. The number of aliphatic hydroxyl groups is 1. The molecule has 1 aliphatic heterocycles. The fourth-order valence-corrected chi connectivity index (χ4v) is 4.41. The second-order valence-corrected chi connectivity index (χ2v) is 7.72. The van der Waals surface area contributed by atoms with Crippen molar-refractivity contribution in [2.45, 2.75) is 18.6 Å². The molecule has 1 heterocycles. The van der Waals surface area contributed by atoms with Gasteiger partial charge in [0, 0.05) is 19.1 Å². The summed E-state index contributed by atoms with van der Waals surface area (Å²) in [5.74, 6) is -1.81. The Morgan fingerprint density at radius 1 is 1.41 bits per heavy atom. The molecule has 2 unspecified atom stereocenters. The van der Waals surface area contributed by atoms with Crippen molar-refractivity contribution in [1.82, 2.24) is 4.90 Å². The molecule has 22 heavy (non-hydrogen) atoms. The number of sulfone groups is 1. The molecule has 0 aromatic heterocycles. The molecule has 1 aromatic rings. The highest BCUT2D eigenvalue weighted by atomic mass is 32.2. The second-order valence-electron chi connectivity index (χ2n) is 5.49. The predicted molar refractivity (Wildman–Crippen MR) is 80.1 cm³/mol. The van der Waals surface area contributed by atoms with E-state index >= 15 is 0 Å². The largest absolute Gasteiger partial charge is 0.387 e. The summed E-state index contributed by atoms with van der Waals surface area (Å²) >= 11 is 0. The van der Waals surface area contributed by atoms with Crippen molar-refractivity contribution in [2.24, 2.45) is 0 Å². The van der Waals surface area contributed by atoms with E-state index in [-0.39, 0.29) is 29.7 Å². The Balaban J connectivity index is 2.10. The molecule has 1 fully saturated rings. The molecule has 7 heteroatoms. The van der Waals surface area contributed by atoms with Gasteiger partial charge in [-0.25, -0.2) is 17.2 Å². The standard InChI is InChI=1S/C15H19F2NO3S/c1-2-6-18(12-5-7-22(20,21)10-12)9-15(19)11-3-4-13(16)14(17)8-11/h2-4,8,12,15,19H,1,5-7,9-10H2. The van der Waals surface area contributed by atoms with Gasteiger partial charge in [0.25, 0.3) is 0 Å². The van der Waals surface area contributed by atoms with Gasteiger partial charge in [-0.1, -0.05) is 12.1 Å². The summed E-state index contributed by atoms with van der Waals surface area (Å²) in [5.41, 5.74) is 0.258. The van der Waals surface area contributed by atoms with Gasteiger partial charge in [-0.05, 0) is 24.1 Å². The van der Waals surface area contributed by atoms with E-state index in [1.807, 2.05) is 4.90 Å². The van der Waals surface area contributed by atoms with E-state index in [9.17, 15) is 22.3 Å². The third kappa shape index (κ3) is 4.12. The van der Waals surface area contributed by atoms with Crippen molar-refractivity contribution in [2.75, 3.05) is 24.6 Å². The van der Waals surface area contributed by atoms with E-state index < -0.39 is 27.6 Å². The lowest BCUT2D eigenvalue weighted by Gasteiger charge is -2.29. The van der Waals surface area contributed by atoms with E-state index in [0.29, 0.717) is 13.0 Å². The first-order chi connectivity index (χ1) is 10.3. The lowest BCUT2D eigenvalue weighted by atomic mass is 10.1. The smallest absolute Gasteiger partial charge is 0.159 e. The van der Waals surface area contributed by atoms with Gasteiger partial charge in [-0.15, -0.1) is 6.58 Å². The summed E-state index contributed by atoms with van der Waals surface area (Å²) in [6.45, 7) is 4.19. The lowest BCUT2D eigenvalue weighted by Crippen LogP contribution is -2.39. The quantitative estimate of drug-likeness (QED) is 0.806. The molecule has 4 nitrogen and oxygen atoms in total. The van der Waals surface area contributed by atoms with E-state index in [1.165, 1.54) is 6.07 Å². The zero-order valence-corrected chi connectivity index (χ0v) is 12.9. The minimum absolute atomic E-state index is 0.0470. The third-order valence-electron chi connectivity index (χ3n) is 3.82. The molecular formula is C15H19F2NO3S. The highest BCUT2D eigenvalue weighted by Crippen LogP contribution is 2.22. The number of benzene rings is 1. The van der Waals surface area contributed by atoms with Gasteiger partial charge in [0.1, 0.15) is 0 Å². The van der Waals surface area contributed by atoms with Crippen LogP contribution in [0, 0.1) is 11.6 Å².